The Balaban J connectivity index is 2.23. The van der Waals surface area contributed by atoms with E-state index in [1.165, 1.54) is 11.8 Å². The summed E-state index contributed by atoms with van der Waals surface area (Å²) in [6, 6.07) is 9.84. The van der Waals surface area contributed by atoms with Crippen LogP contribution in [-0.4, -0.2) is 30.0 Å². The zero-order chi connectivity index (χ0) is 10.7. The molecule has 0 spiro atoms. The van der Waals surface area contributed by atoms with E-state index in [0.29, 0.717) is 19.2 Å². The van der Waals surface area contributed by atoms with Crippen LogP contribution in [0, 0.1) is 0 Å². The number of aliphatic imine (C=N–C) groups is 1. The maximum atomic E-state index is 11.2. The highest BCUT2D eigenvalue weighted by molar-refractivity contribution is 5.95. The molecule has 78 valence electrons. The second-order valence-electron chi connectivity index (χ2n) is 3.25. The number of carbonyl (C=O) groups is 1. The van der Waals surface area contributed by atoms with Gasteiger partial charge in [-0.3, -0.25) is 9.69 Å². The van der Waals surface area contributed by atoms with Crippen LogP contribution in [-0.2, 0) is 9.53 Å². The van der Waals surface area contributed by atoms with Crippen LogP contribution in [0.25, 0.3) is 0 Å². The molecule has 0 radical (unpaired) electrons. The summed E-state index contributed by atoms with van der Waals surface area (Å²) in [6.07, 6.45) is 0. The van der Waals surface area contributed by atoms with Gasteiger partial charge >= 0.3 is 0 Å². The van der Waals surface area contributed by atoms with Crippen molar-refractivity contribution in [1.82, 2.24) is 4.90 Å². The molecule has 1 aliphatic heterocycles. The van der Waals surface area contributed by atoms with Crippen LogP contribution < -0.4 is 0 Å². The van der Waals surface area contributed by atoms with Crippen LogP contribution in [0.3, 0.4) is 0 Å². The quantitative estimate of drug-likeness (QED) is 0.696. The molecule has 1 aliphatic rings. The predicted molar refractivity (Wildman–Crippen MR) is 56.9 cm³/mol. The van der Waals surface area contributed by atoms with Crippen molar-refractivity contribution >= 4 is 17.6 Å². The fourth-order valence-electron chi connectivity index (χ4n) is 1.40. The zero-order valence-corrected chi connectivity index (χ0v) is 8.51. The number of hydrogen-bond donors (Lipinski definition) is 0. The van der Waals surface area contributed by atoms with E-state index in [-0.39, 0.29) is 5.91 Å². The third-order valence-corrected chi connectivity index (χ3v) is 2.14. The Bertz CT molecular complexity index is 387. The number of amidine groups is 1. The molecule has 15 heavy (non-hydrogen) atoms. The van der Waals surface area contributed by atoms with Gasteiger partial charge in [-0.25, -0.2) is 0 Å². The standard InChI is InChI=1S/C11H12N2O2/c1-9(14)13-7-8-15-11(13)12-10-5-3-2-4-6-10/h2-6H,7-8H2,1H3. The Labute approximate surface area is 88.2 Å². The van der Waals surface area contributed by atoms with Crippen LogP contribution in [0.2, 0.25) is 0 Å². The smallest absolute Gasteiger partial charge is 0.299 e. The Hall–Kier alpha value is -1.84. The lowest BCUT2D eigenvalue weighted by molar-refractivity contribution is -0.124. The summed E-state index contributed by atoms with van der Waals surface area (Å²) in [7, 11) is 0. The molecule has 1 aromatic carbocycles. The summed E-state index contributed by atoms with van der Waals surface area (Å²) in [5, 5.41) is 0. The molecule has 4 heteroatoms. The number of hydrogen-bond acceptors (Lipinski definition) is 3. The molecule has 0 aromatic heterocycles. The summed E-state index contributed by atoms with van der Waals surface area (Å²) in [5.41, 5.74) is 0.792. The molecule has 0 bridgehead atoms. The Morgan fingerprint density at radius 2 is 2.13 bits per heavy atom. The first-order valence-electron chi connectivity index (χ1n) is 4.82. The molecular weight excluding hydrogens is 192 g/mol. The minimum absolute atomic E-state index is 0.0396. The van der Waals surface area contributed by atoms with Gasteiger partial charge in [0.2, 0.25) is 5.91 Å². The Morgan fingerprint density at radius 1 is 1.40 bits per heavy atom. The first-order valence-corrected chi connectivity index (χ1v) is 4.82. The molecular formula is C11H12N2O2. The SMILES string of the molecule is CC(=O)N1CCOC1=Nc1ccccc1. The van der Waals surface area contributed by atoms with Crippen molar-refractivity contribution in [3.05, 3.63) is 30.3 Å². The predicted octanol–water partition coefficient (Wildman–Crippen LogP) is 1.55. The molecule has 0 saturated carbocycles. The average Bonchev–Trinajstić information content (AvgIpc) is 2.67. The summed E-state index contributed by atoms with van der Waals surface area (Å²) < 4.78 is 5.29. The maximum absolute atomic E-state index is 11.2. The molecule has 0 unspecified atom stereocenters. The third-order valence-electron chi connectivity index (χ3n) is 2.14. The van der Waals surface area contributed by atoms with Crippen LogP contribution in [0.4, 0.5) is 5.69 Å². The fraction of sp³-hybridized carbons (Fsp3) is 0.273. The van der Waals surface area contributed by atoms with E-state index in [9.17, 15) is 4.79 Å². The van der Waals surface area contributed by atoms with Crippen LogP contribution in [0.5, 0.6) is 0 Å². The van der Waals surface area contributed by atoms with Gasteiger partial charge in [0.25, 0.3) is 6.02 Å². The average molecular weight is 204 g/mol. The van der Waals surface area contributed by atoms with Crippen molar-refractivity contribution in [3.8, 4) is 0 Å². The lowest BCUT2D eigenvalue weighted by Gasteiger charge is -2.10. The molecule has 1 aromatic rings. The normalized spacial score (nSPS) is 17.9. The highest BCUT2D eigenvalue weighted by Gasteiger charge is 2.23. The van der Waals surface area contributed by atoms with E-state index in [0.717, 1.165) is 5.69 Å². The minimum Gasteiger partial charge on any atom is -0.463 e. The number of carbonyl (C=O) groups excluding carboxylic acids is 1. The van der Waals surface area contributed by atoms with E-state index in [1.54, 1.807) is 0 Å². The van der Waals surface area contributed by atoms with Crippen molar-refractivity contribution in [2.24, 2.45) is 4.99 Å². The lowest BCUT2D eigenvalue weighted by Crippen LogP contribution is -2.30. The van der Waals surface area contributed by atoms with Crippen LogP contribution >= 0.6 is 0 Å². The van der Waals surface area contributed by atoms with Gasteiger partial charge in [0.15, 0.2) is 0 Å². The van der Waals surface area contributed by atoms with Gasteiger partial charge in [-0.15, -0.1) is 0 Å². The second kappa shape index (κ2) is 4.13. The van der Waals surface area contributed by atoms with Gasteiger partial charge in [0, 0.05) is 6.92 Å². The van der Waals surface area contributed by atoms with Crippen molar-refractivity contribution in [2.45, 2.75) is 6.92 Å². The van der Waals surface area contributed by atoms with Crippen molar-refractivity contribution in [3.63, 3.8) is 0 Å². The van der Waals surface area contributed by atoms with E-state index in [2.05, 4.69) is 4.99 Å². The first kappa shape index (κ1) is 9.71. The Kier molecular flexibility index (Phi) is 2.67. The molecule has 1 heterocycles. The zero-order valence-electron chi connectivity index (χ0n) is 8.51. The van der Waals surface area contributed by atoms with Gasteiger partial charge in [-0.2, -0.15) is 4.99 Å². The van der Waals surface area contributed by atoms with Gasteiger partial charge in [-0.05, 0) is 12.1 Å². The molecule has 2 rings (SSSR count). The lowest BCUT2D eigenvalue weighted by atomic mass is 10.3. The maximum Gasteiger partial charge on any atom is 0.299 e. The minimum atomic E-state index is -0.0396. The van der Waals surface area contributed by atoms with Gasteiger partial charge in [-0.1, -0.05) is 18.2 Å². The molecule has 0 aliphatic carbocycles. The van der Waals surface area contributed by atoms with Crippen molar-refractivity contribution in [2.75, 3.05) is 13.2 Å². The molecule has 0 atom stereocenters. The van der Waals surface area contributed by atoms with Crippen molar-refractivity contribution in [1.29, 1.82) is 0 Å². The summed E-state index contributed by atoms with van der Waals surface area (Å²) in [5.74, 6) is -0.0396. The largest absolute Gasteiger partial charge is 0.463 e. The van der Waals surface area contributed by atoms with Gasteiger partial charge in [0.1, 0.15) is 6.61 Å². The van der Waals surface area contributed by atoms with Gasteiger partial charge < -0.3 is 4.74 Å². The molecule has 1 fully saturated rings. The van der Waals surface area contributed by atoms with E-state index in [4.69, 9.17) is 4.74 Å². The number of nitrogens with zero attached hydrogens (tertiary/aromatic N) is 2. The van der Waals surface area contributed by atoms with Crippen LogP contribution in [0.15, 0.2) is 35.3 Å². The van der Waals surface area contributed by atoms with E-state index < -0.39 is 0 Å². The molecule has 1 saturated heterocycles. The topological polar surface area (TPSA) is 41.9 Å². The number of benzene rings is 1. The number of para-hydroxylation sites is 1. The summed E-state index contributed by atoms with van der Waals surface area (Å²) >= 11 is 0. The molecule has 0 N–H and O–H groups in total. The number of rotatable bonds is 1. The van der Waals surface area contributed by atoms with Crippen LogP contribution in [0.1, 0.15) is 6.92 Å². The monoisotopic (exact) mass is 204 g/mol. The molecule has 1 amide bonds. The fourth-order valence-corrected chi connectivity index (χ4v) is 1.40. The Morgan fingerprint density at radius 3 is 2.80 bits per heavy atom. The third kappa shape index (κ3) is 2.15. The van der Waals surface area contributed by atoms with Crippen molar-refractivity contribution < 1.29 is 9.53 Å². The van der Waals surface area contributed by atoms with Gasteiger partial charge in [0.05, 0.1) is 12.2 Å². The second-order valence-corrected chi connectivity index (χ2v) is 3.25. The van der Waals surface area contributed by atoms with E-state index >= 15 is 0 Å². The van der Waals surface area contributed by atoms with E-state index in [1.807, 2.05) is 30.3 Å². The number of amides is 1. The summed E-state index contributed by atoms with van der Waals surface area (Å²) in [6.45, 7) is 2.61. The highest BCUT2D eigenvalue weighted by atomic mass is 16.5. The summed E-state index contributed by atoms with van der Waals surface area (Å²) in [4.78, 5) is 17.0. The first-order chi connectivity index (χ1) is 7.27. The number of ether oxygens (including phenoxy) is 1. The molecule has 4 nitrogen and oxygen atoms in total. The highest BCUT2D eigenvalue weighted by Crippen LogP contribution is 2.14.